The molecular formula is C11H13NO2. The molecule has 0 bridgehead atoms. The van der Waals surface area contributed by atoms with Crippen molar-refractivity contribution >= 4 is 0 Å². The van der Waals surface area contributed by atoms with Crippen LogP contribution in [0.15, 0.2) is 12.1 Å². The third-order valence-electron chi connectivity index (χ3n) is 2.22. The van der Waals surface area contributed by atoms with E-state index in [0.29, 0.717) is 17.7 Å². The largest absolute Gasteiger partial charge is 0.495 e. The fraction of sp³-hybridized carbons (Fsp3) is 0.364. The van der Waals surface area contributed by atoms with Gasteiger partial charge in [0.25, 0.3) is 0 Å². The Hall–Kier alpha value is -1.53. The standard InChI is InChI=1S/C11H13NO2/c1-8-9(5-6-13)3-4-10(7-12)11(8)14-2/h3-4,13H,5-6H2,1-2H3. The van der Waals surface area contributed by atoms with Crippen molar-refractivity contribution in [2.75, 3.05) is 13.7 Å². The molecular weight excluding hydrogens is 178 g/mol. The maximum atomic E-state index is 8.83. The lowest BCUT2D eigenvalue weighted by molar-refractivity contribution is 0.299. The SMILES string of the molecule is COc1c(C#N)ccc(CCO)c1C. The van der Waals surface area contributed by atoms with Gasteiger partial charge in [0.15, 0.2) is 0 Å². The van der Waals surface area contributed by atoms with Gasteiger partial charge in [-0.05, 0) is 30.5 Å². The summed E-state index contributed by atoms with van der Waals surface area (Å²) in [5, 5.41) is 17.6. The van der Waals surface area contributed by atoms with Gasteiger partial charge in [-0.1, -0.05) is 6.07 Å². The zero-order valence-electron chi connectivity index (χ0n) is 8.37. The van der Waals surface area contributed by atoms with E-state index in [2.05, 4.69) is 6.07 Å². The summed E-state index contributed by atoms with van der Waals surface area (Å²) in [5.41, 5.74) is 2.48. The van der Waals surface area contributed by atoms with Gasteiger partial charge in [-0.25, -0.2) is 0 Å². The molecule has 74 valence electrons. The van der Waals surface area contributed by atoms with E-state index in [1.54, 1.807) is 13.2 Å². The van der Waals surface area contributed by atoms with Crippen LogP contribution in [0.25, 0.3) is 0 Å². The number of rotatable bonds is 3. The Labute approximate surface area is 83.6 Å². The summed E-state index contributed by atoms with van der Waals surface area (Å²) in [6.07, 6.45) is 0.591. The Kier molecular flexibility index (Phi) is 3.49. The summed E-state index contributed by atoms with van der Waals surface area (Å²) in [6, 6.07) is 5.64. The minimum atomic E-state index is 0.107. The van der Waals surface area contributed by atoms with Crippen LogP contribution in [-0.2, 0) is 6.42 Å². The average molecular weight is 191 g/mol. The van der Waals surface area contributed by atoms with Gasteiger partial charge in [-0.2, -0.15) is 5.26 Å². The Morgan fingerprint density at radius 3 is 2.71 bits per heavy atom. The minimum Gasteiger partial charge on any atom is -0.495 e. The lowest BCUT2D eigenvalue weighted by Gasteiger charge is -2.10. The van der Waals surface area contributed by atoms with Crippen LogP contribution in [0.3, 0.4) is 0 Å². The molecule has 0 heterocycles. The number of hydrogen-bond acceptors (Lipinski definition) is 3. The molecule has 0 fully saturated rings. The van der Waals surface area contributed by atoms with Crippen molar-refractivity contribution in [2.45, 2.75) is 13.3 Å². The van der Waals surface area contributed by atoms with Crippen molar-refractivity contribution in [3.05, 3.63) is 28.8 Å². The summed E-state index contributed by atoms with van der Waals surface area (Å²) in [7, 11) is 1.55. The van der Waals surface area contributed by atoms with Crippen molar-refractivity contribution < 1.29 is 9.84 Å². The maximum absolute atomic E-state index is 8.83. The second-order valence-corrected chi connectivity index (χ2v) is 3.02. The highest BCUT2D eigenvalue weighted by Crippen LogP contribution is 2.25. The molecule has 1 rings (SSSR count). The lowest BCUT2D eigenvalue weighted by Crippen LogP contribution is -1.99. The normalized spacial score (nSPS) is 9.57. The summed E-state index contributed by atoms with van der Waals surface area (Å²) >= 11 is 0. The zero-order chi connectivity index (χ0) is 10.6. The minimum absolute atomic E-state index is 0.107. The summed E-state index contributed by atoms with van der Waals surface area (Å²) < 4.78 is 5.15. The van der Waals surface area contributed by atoms with E-state index >= 15 is 0 Å². The number of aliphatic hydroxyl groups excluding tert-OH is 1. The molecule has 1 aromatic carbocycles. The van der Waals surface area contributed by atoms with Crippen LogP contribution in [0.1, 0.15) is 16.7 Å². The molecule has 0 saturated heterocycles. The van der Waals surface area contributed by atoms with Gasteiger partial charge >= 0.3 is 0 Å². The van der Waals surface area contributed by atoms with Gasteiger partial charge in [-0.3, -0.25) is 0 Å². The first-order valence-electron chi connectivity index (χ1n) is 4.42. The Morgan fingerprint density at radius 1 is 1.50 bits per heavy atom. The number of nitriles is 1. The van der Waals surface area contributed by atoms with Crippen LogP contribution in [0.2, 0.25) is 0 Å². The molecule has 0 aromatic heterocycles. The molecule has 0 saturated carbocycles. The first kappa shape index (κ1) is 10.6. The number of ether oxygens (including phenoxy) is 1. The number of nitrogens with zero attached hydrogens (tertiary/aromatic N) is 1. The van der Waals surface area contributed by atoms with Gasteiger partial charge in [-0.15, -0.1) is 0 Å². The first-order chi connectivity index (χ1) is 6.74. The topological polar surface area (TPSA) is 53.2 Å². The second kappa shape index (κ2) is 4.64. The van der Waals surface area contributed by atoms with E-state index in [0.717, 1.165) is 11.1 Å². The molecule has 0 amide bonds. The Balaban J connectivity index is 3.22. The number of hydrogen-bond donors (Lipinski definition) is 1. The predicted octanol–water partition coefficient (Wildman–Crippen LogP) is 1.41. The van der Waals surface area contributed by atoms with Crippen molar-refractivity contribution in [2.24, 2.45) is 0 Å². The third-order valence-corrected chi connectivity index (χ3v) is 2.22. The number of aliphatic hydroxyl groups is 1. The quantitative estimate of drug-likeness (QED) is 0.785. The second-order valence-electron chi connectivity index (χ2n) is 3.02. The van der Waals surface area contributed by atoms with E-state index in [9.17, 15) is 0 Å². The van der Waals surface area contributed by atoms with E-state index in [1.807, 2.05) is 13.0 Å². The van der Waals surface area contributed by atoms with Crippen molar-refractivity contribution in [1.29, 1.82) is 5.26 Å². The molecule has 0 unspecified atom stereocenters. The highest BCUT2D eigenvalue weighted by molar-refractivity contribution is 5.51. The molecule has 3 nitrogen and oxygen atoms in total. The van der Waals surface area contributed by atoms with Crippen molar-refractivity contribution in [3.8, 4) is 11.8 Å². The van der Waals surface area contributed by atoms with E-state index < -0.39 is 0 Å². The van der Waals surface area contributed by atoms with Crippen LogP contribution < -0.4 is 4.74 Å². The lowest BCUT2D eigenvalue weighted by atomic mass is 10.0. The van der Waals surface area contributed by atoms with Gasteiger partial charge in [0.2, 0.25) is 0 Å². The summed E-state index contributed by atoms with van der Waals surface area (Å²) in [4.78, 5) is 0. The predicted molar refractivity (Wildman–Crippen MR) is 53.2 cm³/mol. The zero-order valence-corrected chi connectivity index (χ0v) is 8.37. The first-order valence-corrected chi connectivity index (χ1v) is 4.42. The van der Waals surface area contributed by atoms with Crippen LogP contribution >= 0.6 is 0 Å². The Morgan fingerprint density at radius 2 is 2.21 bits per heavy atom. The molecule has 0 atom stereocenters. The van der Waals surface area contributed by atoms with Crippen molar-refractivity contribution in [1.82, 2.24) is 0 Å². The van der Waals surface area contributed by atoms with Crippen molar-refractivity contribution in [3.63, 3.8) is 0 Å². The van der Waals surface area contributed by atoms with Gasteiger partial charge in [0.1, 0.15) is 11.8 Å². The molecule has 14 heavy (non-hydrogen) atoms. The summed E-state index contributed by atoms with van der Waals surface area (Å²) in [5.74, 6) is 0.610. The highest BCUT2D eigenvalue weighted by Gasteiger charge is 2.09. The number of benzene rings is 1. The fourth-order valence-electron chi connectivity index (χ4n) is 1.47. The monoisotopic (exact) mass is 191 g/mol. The van der Waals surface area contributed by atoms with E-state index in [4.69, 9.17) is 15.1 Å². The molecule has 0 aliphatic rings. The number of methoxy groups -OCH3 is 1. The van der Waals surface area contributed by atoms with Crippen LogP contribution in [-0.4, -0.2) is 18.8 Å². The van der Waals surface area contributed by atoms with Gasteiger partial charge < -0.3 is 9.84 Å². The van der Waals surface area contributed by atoms with Crippen LogP contribution in [0.5, 0.6) is 5.75 Å². The average Bonchev–Trinajstić information content (AvgIpc) is 2.21. The molecule has 0 spiro atoms. The third kappa shape index (κ3) is 1.86. The van der Waals surface area contributed by atoms with E-state index in [1.165, 1.54) is 0 Å². The smallest absolute Gasteiger partial charge is 0.139 e. The molecule has 0 radical (unpaired) electrons. The molecule has 0 aliphatic heterocycles. The van der Waals surface area contributed by atoms with E-state index in [-0.39, 0.29) is 6.61 Å². The fourth-order valence-corrected chi connectivity index (χ4v) is 1.47. The van der Waals surface area contributed by atoms with Crippen LogP contribution in [0.4, 0.5) is 0 Å². The summed E-state index contributed by atoms with van der Waals surface area (Å²) in [6.45, 7) is 2.00. The molecule has 1 N–H and O–H groups in total. The van der Waals surface area contributed by atoms with Gasteiger partial charge in [0, 0.05) is 6.61 Å². The van der Waals surface area contributed by atoms with Gasteiger partial charge in [0.05, 0.1) is 12.7 Å². The molecule has 0 aliphatic carbocycles. The maximum Gasteiger partial charge on any atom is 0.139 e. The Bertz CT molecular complexity index is 366. The highest BCUT2D eigenvalue weighted by atomic mass is 16.5. The molecule has 3 heteroatoms. The van der Waals surface area contributed by atoms with Crippen LogP contribution in [0, 0.1) is 18.3 Å². The molecule has 1 aromatic rings.